The van der Waals surface area contributed by atoms with Gasteiger partial charge in [0, 0.05) is 34.7 Å². The van der Waals surface area contributed by atoms with Gasteiger partial charge in [-0.3, -0.25) is 4.79 Å². The minimum absolute atomic E-state index is 0.264. The fourth-order valence-corrected chi connectivity index (χ4v) is 3.87. The fraction of sp³-hybridized carbons (Fsp3) is 0.0556. The number of thiophene rings is 1. The van der Waals surface area contributed by atoms with Crippen molar-refractivity contribution in [2.24, 2.45) is 0 Å². The van der Waals surface area contributed by atoms with Crippen LogP contribution in [0.15, 0.2) is 48.8 Å². The third kappa shape index (κ3) is 3.02. The van der Waals surface area contributed by atoms with Gasteiger partial charge in [0.2, 0.25) is 0 Å². The molecule has 0 saturated carbocycles. The number of fused-ring (bicyclic) bond motifs is 1. The molecule has 0 saturated heterocycles. The van der Waals surface area contributed by atoms with Crippen LogP contribution in [-0.4, -0.2) is 28.1 Å². The predicted molar refractivity (Wildman–Crippen MR) is 105 cm³/mol. The lowest BCUT2D eigenvalue weighted by Crippen LogP contribution is -2.20. The first-order valence-corrected chi connectivity index (χ1v) is 9.03. The zero-order valence-corrected chi connectivity index (χ0v) is 15.3. The van der Waals surface area contributed by atoms with E-state index in [1.54, 1.807) is 7.05 Å². The molecular formula is C18H14ClN5OS. The number of H-pyrrole nitrogens is 1. The molecule has 0 unspecified atom stereocenters. The van der Waals surface area contributed by atoms with E-state index in [2.05, 4.69) is 25.8 Å². The van der Waals surface area contributed by atoms with Crippen LogP contribution in [-0.2, 0) is 0 Å². The molecule has 3 aromatic heterocycles. The first-order valence-electron chi connectivity index (χ1n) is 7.84. The molecule has 0 aliphatic carbocycles. The van der Waals surface area contributed by atoms with E-state index >= 15 is 0 Å². The smallest absolute Gasteiger partial charge is 0.273 e. The summed E-state index contributed by atoms with van der Waals surface area (Å²) in [5, 5.41) is 15.7. The van der Waals surface area contributed by atoms with Gasteiger partial charge in [0.05, 0.1) is 10.4 Å². The largest absolute Gasteiger partial charge is 0.366 e. The molecule has 8 heteroatoms. The second-order valence-electron chi connectivity index (χ2n) is 5.56. The first-order chi connectivity index (χ1) is 12.7. The first kappa shape index (κ1) is 16.6. The summed E-state index contributed by atoms with van der Waals surface area (Å²) in [6, 6.07) is 11.5. The summed E-state index contributed by atoms with van der Waals surface area (Å²) in [4.78, 5) is 16.2. The van der Waals surface area contributed by atoms with Crippen molar-refractivity contribution in [3.8, 4) is 10.4 Å². The van der Waals surface area contributed by atoms with Gasteiger partial charge >= 0.3 is 0 Å². The number of halogens is 1. The highest BCUT2D eigenvalue weighted by Crippen LogP contribution is 2.38. The van der Waals surface area contributed by atoms with Crippen molar-refractivity contribution in [1.82, 2.24) is 20.5 Å². The zero-order valence-electron chi connectivity index (χ0n) is 13.7. The van der Waals surface area contributed by atoms with E-state index in [-0.39, 0.29) is 5.91 Å². The maximum Gasteiger partial charge on any atom is 0.273 e. The van der Waals surface area contributed by atoms with Gasteiger partial charge in [-0.15, -0.1) is 21.5 Å². The Morgan fingerprint density at radius 1 is 1.19 bits per heavy atom. The second-order valence-corrected chi connectivity index (χ2v) is 7.05. The number of amides is 1. The summed E-state index contributed by atoms with van der Waals surface area (Å²) < 4.78 is 0.780. The molecule has 4 aromatic rings. The van der Waals surface area contributed by atoms with Crippen molar-refractivity contribution in [3.05, 3.63) is 59.5 Å². The Kier molecular flexibility index (Phi) is 4.32. The molecule has 0 aliphatic rings. The monoisotopic (exact) mass is 383 g/mol. The molecule has 0 spiro atoms. The van der Waals surface area contributed by atoms with E-state index in [0.29, 0.717) is 16.5 Å². The van der Waals surface area contributed by atoms with Crippen molar-refractivity contribution in [2.75, 3.05) is 12.4 Å². The lowest BCUT2D eigenvalue weighted by atomic mass is 10.1. The van der Waals surface area contributed by atoms with Crippen LogP contribution < -0.4 is 10.6 Å². The van der Waals surface area contributed by atoms with Gasteiger partial charge in [-0.2, -0.15) is 0 Å². The fourth-order valence-electron chi connectivity index (χ4n) is 2.60. The number of benzene rings is 1. The Bertz CT molecular complexity index is 1070. The van der Waals surface area contributed by atoms with E-state index in [9.17, 15) is 4.79 Å². The van der Waals surface area contributed by atoms with E-state index in [1.807, 2.05) is 48.8 Å². The Labute approximate surface area is 158 Å². The molecule has 0 fully saturated rings. The van der Waals surface area contributed by atoms with Gasteiger partial charge in [0.15, 0.2) is 11.5 Å². The van der Waals surface area contributed by atoms with Crippen LogP contribution in [0, 0.1) is 0 Å². The third-order valence-corrected chi connectivity index (χ3v) is 5.33. The van der Waals surface area contributed by atoms with Crippen LogP contribution in [0.4, 0.5) is 11.5 Å². The Morgan fingerprint density at radius 3 is 2.69 bits per heavy atom. The highest BCUT2D eigenvalue weighted by Gasteiger charge is 2.18. The minimum Gasteiger partial charge on any atom is -0.366 e. The number of anilines is 2. The van der Waals surface area contributed by atoms with Gasteiger partial charge in [-0.1, -0.05) is 23.7 Å². The number of hydrogen-bond acceptors (Lipinski definition) is 5. The number of aromatic nitrogens is 3. The van der Waals surface area contributed by atoms with Crippen LogP contribution >= 0.6 is 22.9 Å². The molecule has 26 heavy (non-hydrogen) atoms. The quantitative estimate of drug-likeness (QED) is 0.486. The van der Waals surface area contributed by atoms with Crippen molar-refractivity contribution in [1.29, 1.82) is 0 Å². The average Bonchev–Trinajstić information content (AvgIpc) is 3.32. The molecule has 4 rings (SSSR count). The summed E-state index contributed by atoms with van der Waals surface area (Å²) in [6.07, 6.45) is 3.64. The molecule has 0 aliphatic heterocycles. The lowest BCUT2D eigenvalue weighted by Gasteiger charge is -2.06. The van der Waals surface area contributed by atoms with Gasteiger partial charge in [0.25, 0.3) is 5.91 Å². The second kappa shape index (κ2) is 6.78. The number of aromatic amines is 1. The van der Waals surface area contributed by atoms with E-state index in [4.69, 9.17) is 11.6 Å². The summed E-state index contributed by atoms with van der Waals surface area (Å²) in [6.45, 7) is 0. The van der Waals surface area contributed by atoms with Gasteiger partial charge in [0.1, 0.15) is 0 Å². The van der Waals surface area contributed by atoms with Gasteiger partial charge < -0.3 is 15.6 Å². The number of carbonyl (C=O) groups is 1. The molecule has 0 atom stereocenters. The normalized spacial score (nSPS) is 10.8. The van der Waals surface area contributed by atoms with E-state index in [1.165, 1.54) is 11.3 Å². The third-order valence-electron chi connectivity index (χ3n) is 3.88. The topological polar surface area (TPSA) is 82.7 Å². The highest BCUT2D eigenvalue weighted by atomic mass is 35.5. The highest BCUT2D eigenvalue weighted by molar-refractivity contribution is 7.22. The number of hydrogen-bond donors (Lipinski definition) is 3. The maximum atomic E-state index is 12.2. The number of nitrogens with zero attached hydrogens (tertiary/aromatic N) is 2. The molecule has 0 bridgehead atoms. The number of nitrogens with one attached hydrogen (secondary N) is 3. The van der Waals surface area contributed by atoms with Gasteiger partial charge in [-0.05, 0) is 29.8 Å². The molecule has 3 heterocycles. The molecular weight excluding hydrogens is 370 g/mol. The minimum atomic E-state index is -0.264. The summed E-state index contributed by atoms with van der Waals surface area (Å²) in [5.74, 6) is 0.337. The van der Waals surface area contributed by atoms with Gasteiger partial charge in [-0.25, -0.2) is 0 Å². The molecule has 1 amide bonds. The van der Waals surface area contributed by atoms with Crippen molar-refractivity contribution < 1.29 is 4.79 Å². The van der Waals surface area contributed by atoms with Crippen LogP contribution in [0.5, 0.6) is 0 Å². The lowest BCUT2D eigenvalue weighted by molar-refractivity contribution is 0.0959. The summed E-state index contributed by atoms with van der Waals surface area (Å²) in [7, 11) is 1.58. The SMILES string of the molecule is CNC(=O)c1nnc(Nc2cc[nH]c2)c2cc(-c3ccc(Cl)cc3)sc12. The summed E-state index contributed by atoms with van der Waals surface area (Å²) in [5.41, 5.74) is 2.20. The van der Waals surface area contributed by atoms with Crippen molar-refractivity contribution >= 4 is 50.4 Å². The standard InChI is InChI=1S/C18H14ClN5OS/c1-20-18(25)15-16-13(17(24-23-15)22-12-6-7-21-9-12)8-14(26-16)10-2-4-11(19)5-3-10/h2-9,21H,1H3,(H,20,25)(H,22,24). The Balaban J connectivity index is 1.88. The van der Waals surface area contributed by atoms with Crippen LogP contribution in [0.25, 0.3) is 20.5 Å². The van der Waals surface area contributed by atoms with Crippen LogP contribution in [0.1, 0.15) is 10.5 Å². The molecule has 6 nitrogen and oxygen atoms in total. The van der Waals surface area contributed by atoms with E-state index < -0.39 is 0 Å². The van der Waals surface area contributed by atoms with Crippen molar-refractivity contribution in [3.63, 3.8) is 0 Å². The number of rotatable bonds is 4. The van der Waals surface area contributed by atoms with Crippen LogP contribution in [0.2, 0.25) is 5.02 Å². The average molecular weight is 384 g/mol. The number of carbonyl (C=O) groups excluding carboxylic acids is 1. The predicted octanol–water partition coefficient (Wildman–Crippen LogP) is 4.44. The zero-order chi connectivity index (χ0) is 18.1. The molecule has 1 aromatic carbocycles. The molecule has 0 radical (unpaired) electrons. The molecule has 3 N–H and O–H groups in total. The van der Waals surface area contributed by atoms with Crippen molar-refractivity contribution in [2.45, 2.75) is 0 Å². The Morgan fingerprint density at radius 2 is 2.00 bits per heavy atom. The molecule has 130 valence electrons. The maximum absolute atomic E-state index is 12.2. The Hall–Kier alpha value is -2.90. The van der Waals surface area contributed by atoms with E-state index in [0.717, 1.165) is 26.2 Å². The van der Waals surface area contributed by atoms with Crippen LogP contribution in [0.3, 0.4) is 0 Å². The summed E-state index contributed by atoms with van der Waals surface area (Å²) >= 11 is 7.48.